The molecule has 0 aromatic rings. The Labute approximate surface area is 70.6 Å². The van der Waals surface area contributed by atoms with Gasteiger partial charge in [0, 0.05) is 6.92 Å². The van der Waals surface area contributed by atoms with Crippen LogP contribution in [-0.4, -0.2) is 27.9 Å². The molecule has 0 aliphatic rings. The predicted molar refractivity (Wildman–Crippen MR) is 39.5 cm³/mol. The van der Waals surface area contributed by atoms with Crippen LogP contribution in [0, 0.1) is 0 Å². The summed E-state index contributed by atoms with van der Waals surface area (Å²) in [5, 5.41) is -0.361. The fraction of sp³-hybridized carbons (Fsp3) is 0.750. The van der Waals surface area contributed by atoms with Crippen LogP contribution in [-0.2, 0) is 23.6 Å². The summed E-state index contributed by atoms with van der Waals surface area (Å²) in [4.78, 5) is 9.21. The highest BCUT2D eigenvalue weighted by atomic mass is 35.5. The van der Waals surface area contributed by atoms with Crippen LogP contribution in [0.1, 0.15) is 6.92 Å². The average molecular weight is 205 g/mol. The minimum atomic E-state index is -3.66. The lowest BCUT2D eigenvalue weighted by Crippen LogP contribution is -2.02. The first-order chi connectivity index (χ1) is 4.85. The van der Waals surface area contributed by atoms with Crippen molar-refractivity contribution < 1.29 is 21.6 Å². The zero-order valence-corrected chi connectivity index (χ0v) is 7.90. The average Bonchev–Trinajstić information content (AvgIpc) is 1.87. The molecular formula is C4H9ClO5S. The molecule has 0 saturated heterocycles. The maximum absolute atomic E-state index is 9.92. The number of carbonyl (C=O) groups is 1. The van der Waals surface area contributed by atoms with E-state index in [9.17, 15) is 13.2 Å². The van der Waals surface area contributed by atoms with E-state index in [0.717, 1.165) is 14.2 Å². The highest BCUT2D eigenvalue weighted by Crippen LogP contribution is 1.85. The molecule has 0 unspecified atom stereocenters. The van der Waals surface area contributed by atoms with Crippen molar-refractivity contribution >= 4 is 27.2 Å². The molecule has 11 heavy (non-hydrogen) atoms. The van der Waals surface area contributed by atoms with Crippen molar-refractivity contribution in [2.45, 2.75) is 6.92 Å². The summed E-state index contributed by atoms with van der Waals surface area (Å²) in [5.74, 6) is 0. The van der Waals surface area contributed by atoms with Crippen molar-refractivity contribution in [3.05, 3.63) is 0 Å². The summed E-state index contributed by atoms with van der Waals surface area (Å²) in [6.45, 7) is 1.29. The van der Waals surface area contributed by atoms with E-state index >= 15 is 0 Å². The van der Waals surface area contributed by atoms with Crippen molar-refractivity contribution in [3.8, 4) is 0 Å². The number of hydrogen-bond donors (Lipinski definition) is 0. The molecule has 0 atom stereocenters. The normalized spacial score (nSPS) is 9.82. The maximum Gasteiger partial charge on any atom is 0.399 e. The van der Waals surface area contributed by atoms with Crippen LogP contribution in [0.2, 0.25) is 0 Å². The van der Waals surface area contributed by atoms with Crippen LogP contribution in [0.4, 0.5) is 0 Å². The van der Waals surface area contributed by atoms with E-state index in [2.05, 4.69) is 20.0 Å². The Morgan fingerprint density at radius 3 is 1.45 bits per heavy atom. The smallest absolute Gasteiger partial charge is 0.282 e. The zero-order chi connectivity index (χ0) is 9.49. The summed E-state index contributed by atoms with van der Waals surface area (Å²) in [6.07, 6.45) is 0. The topological polar surface area (TPSA) is 69.7 Å². The van der Waals surface area contributed by atoms with Crippen molar-refractivity contribution in [3.63, 3.8) is 0 Å². The van der Waals surface area contributed by atoms with Crippen molar-refractivity contribution in [2.75, 3.05) is 14.2 Å². The third-order valence-corrected chi connectivity index (χ3v) is 1.22. The maximum atomic E-state index is 9.92. The number of hydrogen-bond acceptors (Lipinski definition) is 5. The van der Waals surface area contributed by atoms with Gasteiger partial charge in [0.1, 0.15) is 0 Å². The highest BCUT2D eigenvalue weighted by Gasteiger charge is 2.01. The Hall–Kier alpha value is -0.170. The SMILES string of the molecule is CC(=O)Cl.COS(=O)(=O)OC. The molecule has 68 valence electrons. The fourth-order valence-electron chi connectivity index (χ4n) is 0.0680. The lowest BCUT2D eigenvalue weighted by Gasteiger charge is -1.91. The van der Waals surface area contributed by atoms with Crippen LogP contribution < -0.4 is 0 Å². The Morgan fingerprint density at radius 1 is 1.27 bits per heavy atom. The molecule has 7 heteroatoms. The third kappa shape index (κ3) is 17.7. The van der Waals surface area contributed by atoms with Crippen molar-refractivity contribution in [1.29, 1.82) is 0 Å². The monoisotopic (exact) mass is 204 g/mol. The summed E-state index contributed by atoms with van der Waals surface area (Å²) in [6, 6.07) is 0. The molecule has 0 fully saturated rings. The molecule has 0 aliphatic heterocycles. The van der Waals surface area contributed by atoms with Gasteiger partial charge in [-0.25, -0.2) is 0 Å². The van der Waals surface area contributed by atoms with Gasteiger partial charge in [-0.2, -0.15) is 8.42 Å². The van der Waals surface area contributed by atoms with E-state index in [1.165, 1.54) is 6.92 Å². The Balaban J connectivity index is 0. The summed E-state index contributed by atoms with van der Waals surface area (Å²) < 4.78 is 27.5. The third-order valence-electron chi connectivity index (χ3n) is 0.408. The number of rotatable bonds is 2. The largest absolute Gasteiger partial charge is 0.399 e. The Kier molecular flexibility index (Phi) is 7.97. The number of carbonyl (C=O) groups excluding carboxylic acids is 1. The summed E-state index contributed by atoms with van der Waals surface area (Å²) in [5.41, 5.74) is 0. The lowest BCUT2D eigenvalue weighted by atomic mass is 10.9. The van der Waals surface area contributed by atoms with Gasteiger partial charge in [-0.3, -0.25) is 13.2 Å². The molecule has 0 aromatic heterocycles. The van der Waals surface area contributed by atoms with E-state index in [-0.39, 0.29) is 5.24 Å². The first-order valence-electron chi connectivity index (χ1n) is 2.38. The van der Waals surface area contributed by atoms with Crippen molar-refractivity contribution in [2.24, 2.45) is 0 Å². The van der Waals surface area contributed by atoms with E-state index in [4.69, 9.17) is 0 Å². The van der Waals surface area contributed by atoms with Crippen LogP contribution in [0.3, 0.4) is 0 Å². The molecule has 0 bridgehead atoms. The summed E-state index contributed by atoms with van der Waals surface area (Å²) >= 11 is 4.64. The fourth-order valence-corrected chi connectivity index (χ4v) is 0.204. The second kappa shape index (κ2) is 6.53. The van der Waals surface area contributed by atoms with Crippen molar-refractivity contribution in [1.82, 2.24) is 0 Å². The standard InChI is InChI=1S/C2H3ClO.C2H6O4S/c1-2(3)4;1-5-7(3,4)6-2/h1H3;1-2H3. The quantitative estimate of drug-likeness (QED) is 0.605. The van der Waals surface area contributed by atoms with Gasteiger partial charge in [-0.1, -0.05) is 0 Å². The molecule has 0 radical (unpaired) electrons. The van der Waals surface area contributed by atoms with Gasteiger partial charge in [0.2, 0.25) is 5.24 Å². The van der Waals surface area contributed by atoms with Gasteiger partial charge >= 0.3 is 10.4 Å². The molecular weight excluding hydrogens is 196 g/mol. The molecule has 0 amide bonds. The minimum absolute atomic E-state index is 0.361. The molecule has 0 spiro atoms. The van der Waals surface area contributed by atoms with Crippen LogP contribution >= 0.6 is 11.6 Å². The molecule has 0 heterocycles. The van der Waals surface area contributed by atoms with E-state index in [1.807, 2.05) is 0 Å². The van der Waals surface area contributed by atoms with Crippen LogP contribution in [0.25, 0.3) is 0 Å². The van der Waals surface area contributed by atoms with Crippen LogP contribution in [0.5, 0.6) is 0 Å². The second-order valence-corrected chi connectivity index (χ2v) is 3.23. The lowest BCUT2D eigenvalue weighted by molar-refractivity contribution is -0.109. The molecule has 0 N–H and O–H groups in total. The molecule has 5 nitrogen and oxygen atoms in total. The van der Waals surface area contributed by atoms with Gasteiger partial charge < -0.3 is 0 Å². The van der Waals surface area contributed by atoms with Gasteiger partial charge in [-0.15, -0.1) is 0 Å². The first kappa shape index (κ1) is 13.4. The van der Waals surface area contributed by atoms with Gasteiger partial charge in [0.15, 0.2) is 0 Å². The second-order valence-electron chi connectivity index (χ2n) is 1.21. The van der Waals surface area contributed by atoms with Gasteiger partial charge in [0.25, 0.3) is 0 Å². The summed E-state index contributed by atoms with van der Waals surface area (Å²) in [7, 11) is -1.60. The molecule has 0 aromatic carbocycles. The van der Waals surface area contributed by atoms with Crippen LogP contribution in [0.15, 0.2) is 0 Å². The Morgan fingerprint density at radius 2 is 1.45 bits per heavy atom. The predicted octanol–water partition coefficient (Wildman–Crippen LogP) is 0.296. The van der Waals surface area contributed by atoms with Gasteiger partial charge in [-0.05, 0) is 11.6 Å². The number of halogens is 1. The van der Waals surface area contributed by atoms with E-state index in [1.54, 1.807) is 0 Å². The zero-order valence-electron chi connectivity index (χ0n) is 6.33. The first-order valence-corrected chi connectivity index (χ1v) is 4.09. The molecule has 0 saturated carbocycles. The highest BCUT2D eigenvalue weighted by molar-refractivity contribution is 7.81. The Bertz CT molecular complexity index is 183. The molecule has 0 aliphatic carbocycles. The van der Waals surface area contributed by atoms with E-state index < -0.39 is 10.4 Å². The minimum Gasteiger partial charge on any atom is -0.282 e. The van der Waals surface area contributed by atoms with E-state index in [0.29, 0.717) is 0 Å². The van der Waals surface area contributed by atoms with Gasteiger partial charge in [0.05, 0.1) is 14.2 Å². The molecule has 0 rings (SSSR count).